The summed E-state index contributed by atoms with van der Waals surface area (Å²) in [5.41, 5.74) is 3.25. The van der Waals surface area contributed by atoms with E-state index in [1.807, 2.05) is 32.6 Å². The number of hydrogen-bond acceptors (Lipinski definition) is 4. The van der Waals surface area contributed by atoms with Crippen LogP contribution < -0.4 is 0 Å². The minimum absolute atomic E-state index is 0.0875. The number of aryl methyl sites for hydroxylation is 3. The van der Waals surface area contributed by atoms with Gasteiger partial charge < -0.3 is 9.64 Å². The molecule has 0 aliphatic carbocycles. The van der Waals surface area contributed by atoms with Crippen LogP contribution in [0.5, 0.6) is 0 Å². The van der Waals surface area contributed by atoms with E-state index in [2.05, 4.69) is 18.0 Å². The normalized spacial score (nSPS) is 22.3. The number of thiophene rings is 1. The smallest absolute Gasteiger partial charge is 0.264 e. The molecule has 0 saturated carbocycles. The number of fused-ring (bicyclic) bond motifs is 1. The molecule has 1 saturated heterocycles. The second-order valence-electron chi connectivity index (χ2n) is 6.28. The van der Waals surface area contributed by atoms with Gasteiger partial charge in [-0.2, -0.15) is 0 Å². The minimum Gasteiger partial charge on any atom is -0.372 e. The molecular formula is C17H22N2O2S. The van der Waals surface area contributed by atoms with Gasteiger partial charge in [0.05, 0.1) is 17.1 Å². The maximum absolute atomic E-state index is 12.9. The van der Waals surface area contributed by atoms with Crippen molar-refractivity contribution in [1.29, 1.82) is 0 Å². The number of aromatic nitrogens is 1. The number of carbonyl (C=O) groups excluding carboxylic acids is 1. The summed E-state index contributed by atoms with van der Waals surface area (Å²) in [6.45, 7) is 11.5. The van der Waals surface area contributed by atoms with Crippen LogP contribution in [-0.2, 0) is 4.74 Å². The highest BCUT2D eigenvalue weighted by molar-refractivity contribution is 7.20. The lowest BCUT2D eigenvalue weighted by molar-refractivity contribution is -0.0585. The zero-order chi connectivity index (χ0) is 16.0. The second kappa shape index (κ2) is 5.63. The summed E-state index contributed by atoms with van der Waals surface area (Å²) in [7, 11) is 0. The lowest BCUT2D eigenvalue weighted by Gasteiger charge is -2.35. The summed E-state index contributed by atoms with van der Waals surface area (Å²) in [5.74, 6) is 0.111. The number of nitrogens with zero attached hydrogens (tertiary/aromatic N) is 2. The Morgan fingerprint density at radius 2 is 1.91 bits per heavy atom. The fourth-order valence-electron chi connectivity index (χ4n) is 3.31. The molecule has 0 unspecified atom stereocenters. The average Bonchev–Trinajstić information content (AvgIpc) is 2.73. The number of ether oxygens (including phenoxy) is 1. The first-order chi connectivity index (χ1) is 10.4. The molecule has 118 valence electrons. The van der Waals surface area contributed by atoms with Gasteiger partial charge in [0, 0.05) is 24.2 Å². The summed E-state index contributed by atoms with van der Waals surface area (Å²) in [4.78, 5) is 21.2. The number of amides is 1. The maximum atomic E-state index is 12.9. The van der Waals surface area contributed by atoms with E-state index in [1.165, 1.54) is 16.9 Å². The van der Waals surface area contributed by atoms with Crippen LogP contribution in [0.3, 0.4) is 0 Å². The van der Waals surface area contributed by atoms with Gasteiger partial charge in [-0.1, -0.05) is 0 Å². The van der Waals surface area contributed by atoms with Crippen molar-refractivity contribution in [2.75, 3.05) is 13.1 Å². The third-order valence-electron chi connectivity index (χ3n) is 4.13. The van der Waals surface area contributed by atoms with E-state index in [9.17, 15) is 4.79 Å². The summed E-state index contributed by atoms with van der Waals surface area (Å²) in [6, 6.07) is 2.08. The fraction of sp³-hybridized carbons (Fsp3) is 0.529. The highest BCUT2D eigenvalue weighted by Gasteiger charge is 2.29. The molecule has 0 N–H and O–H groups in total. The molecule has 0 aromatic carbocycles. The fourth-order valence-corrected chi connectivity index (χ4v) is 4.58. The topological polar surface area (TPSA) is 42.4 Å². The van der Waals surface area contributed by atoms with Gasteiger partial charge in [-0.05, 0) is 51.8 Å². The number of rotatable bonds is 1. The molecule has 3 heterocycles. The van der Waals surface area contributed by atoms with Crippen molar-refractivity contribution in [1.82, 2.24) is 9.88 Å². The third kappa shape index (κ3) is 2.63. The molecule has 1 fully saturated rings. The van der Waals surface area contributed by atoms with Crippen LogP contribution in [0.15, 0.2) is 6.07 Å². The Kier molecular flexibility index (Phi) is 3.95. The Labute approximate surface area is 135 Å². The zero-order valence-electron chi connectivity index (χ0n) is 13.8. The predicted molar refractivity (Wildman–Crippen MR) is 89.7 cm³/mol. The van der Waals surface area contributed by atoms with E-state index >= 15 is 0 Å². The Morgan fingerprint density at radius 3 is 2.55 bits per heavy atom. The van der Waals surface area contributed by atoms with E-state index in [4.69, 9.17) is 4.74 Å². The summed E-state index contributed by atoms with van der Waals surface area (Å²) < 4.78 is 5.72. The molecule has 2 atom stereocenters. The Balaban J connectivity index is 2.01. The van der Waals surface area contributed by atoms with Crippen molar-refractivity contribution in [3.05, 3.63) is 27.8 Å². The molecule has 4 nitrogen and oxygen atoms in total. The largest absolute Gasteiger partial charge is 0.372 e. The van der Waals surface area contributed by atoms with Gasteiger partial charge in [0.25, 0.3) is 5.91 Å². The van der Waals surface area contributed by atoms with Crippen molar-refractivity contribution in [2.24, 2.45) is 0 Å². The van der Waals surface area contributed by atoms with Gasteiger partial charge in [-0.15, -0.1) is 11.3 Å². The van der Waals surface area contributed by atoms with Gasteiger partial charge in [-0.25, -0.2) is 4.98 Å². The first-order valence-electron chi connectivity index (χ1n) is 7.69. The molecule has 5 heteroatoms. The Bertz CT molecular complexity index is 728. The molecule has 2 aromatic rings. The molecule has 0 radical (unpaired) electrons. The van der Waals surface area contributed by atoms with Crippen molar-refractivity contribution in [3.8, 4) is 0 Å². The highest BCUT2D eigenvalue weighted by atomic mass is 32.1. The number of pyridine rings is 1. The molecule has 2 aromatic heterocycles. The molecule has 3 rings (SSSR count). The molecule has 0 bridgehead atoms. The third-order valence-corrected chi connectivity index (χ3v) is 5.30. The summed E-state index contributed by atoms with van der Waals surface area (Å²) >= 11 is 1.51. The van der Waals surface area contributed by atoms with E-state index in [-0.39, 0.29) is 18.1 Å². The van der Waals surface area contributed by atoms with Gasteiger partial charge in [0.2, 0.25) is 0 Å². The Morgan fingerprint density at radius 1 is 1.27 bits per heavy atom. The monoisotopic (exact) mass is 318 g/mol. The molecular weight excluding hydrogens is 296 g/mol. The molecule has 1 aliphatic heterocycles. The van der Waals surface area contributed by atoms with E-state index in [1.54, 1.807) is 0 Å². The van der Waals surface area contributed by atoms with E-state index in [0.29, 0.717) is 13.1 Å². The maximum Gasteiger partial charge on any atom is 0.264 e. The van der Waals surface area contributed by atoms with Crippen LogP contribution in [0.25, 0.3) is 10.2 Å². The SMILES string of the molecule is Cc1cc(C)c2c(C)c(C(=O)N3C[C@H](C)O[C@@H](C)C3)sc2n1. The lowest BCUT2D eigenvalue weighted by Crippen LogP contribution is -2.48. The molecule has 0 spiro atoms. The van der Waals surface area contributed by atoms with Gasteiger partial charge >= 0.3 is 0 Å². The van der Waals surface area contributed by atoms with Crippen molar-refractivity contribution in [3.63, 3.8) is 0 Å². The average molecular weight is 318 g/mol. The van der Waals surface area contributed by atoms with Crippen LogP contribution in [0, 0.1) is 20.8 Å². The van der Waals surface area contributed by atoms with Crippen molar-refractivity contribution in [2.45, 2.75) is 46.8 Å². The Hall–Kier alpha value is -1.46. The predicted octanol–water partition coefficient (Wildman–Crippen LogP) is 3.47. The van der Waals surface area contributed by atoms with Gasteiger partial charge in [0.1, 0.15) is 4.83 Å². The highest BCUT2D eigenvalue weighted by Crippen LogP contribution is 2.33. The van der Waals surface area contributed by atoms with E-state index in [0.717, 1.165) is 26.4 Å². The van der Waals surface area contributed by atoms with Crippen LogP contribution in [-0.4, -0.2) is 41.1 Å². The second-order valence-corrected chi connectivity index (χ2v) is 7.28. The first-order valence-corrected chi connectivity index (χ1v) is 8.50. The first kappa shape index (κ1) is 15.4. The molecule has 1 aliphatic rings. The number of carbonyl (C=O) groups is 1. The van der Waals surface area contributed by atoms with Gasteiger partial charge in [-0.3, -0.25) is 4.79 Å². The van der Waals surface area contributed by atoms with Crippen molar-refractivity contribution >= 4 is 27.5 Å². The van der Waals surface area contributed by atoms with Crippen LogP contribution in [0.4, 0.5) is 0 Å². The minimum atomic E-state index is 0.0875. The number of morpholine rings is 1. The van der Waals surface area contributed by atoms with Crippen LogP contribution >= 0.6 is 11.3 Å². The van der Waals surface area contributed by atoms with Crippen LogP contribution in [0.1, 0.15) is 40.3 Å². The summed E-state index contributed by atoms with van der Waals surface area (Å²) in [6.07, 6.45) is 0.175. The van der Waals surface area contributed by atoms with Crippen molar-refractivity contribution < 1.29 is 9.53 Å². The van der Waals surface area contributed by atoms with Crippen LogP contribution in [0.2, 0.25) is 0 Å². The zero-order valence-corrected chi connectivity index (χ0v) is 14.6. The van der Waals surface area contributed by atoms with Gasteiger partial charge in [0.15, 0.2) is 0 Å². The standard InChI is InChI=1S/C17H22N2O2S/c1-9-6-10(2)18-16-14(9)13(5)15(22-16)17(20)19-7-11(3)21-12(4)8-19/h6,11-12H,7-8H2,1-5H3/t11-,12-/m0/s1. The number of hydrogen-bond donors (Lipinski definition) is 0. The quantitative estimate of drug-likeness (QED) is 0.808. The molecule has 1 amide bonds. The molecule has 22 heavy (non-hydrogen) atoms. The van der Waals surface area contributed by atoms with E-state index < -0.39 is 0 Å². The lowest BCUT2D eigenvalue weighted by atomic mass is 10.1. The summed E-state index contributed by atoms with van der Waals surface area (Å²) in [5, 5.41) is 1.13.